The summed E-state index contributed by atoms with van der Waals surface area (Å²) in [5, 5.41) is 5.85. The normalized spacial score (nSPS) is 15.9. The summed E-state index contributed by atoms with van der Waals surface area (Å²) in [7, 11) is 3.20. The van der Waals surface area contributed by atoms with Crippen molar-refractivity contribution in [3.8, 4) is 11.5 Å². The van der Waals surface area contributed by atoms with E-state index in [0.29, 0.717) is 37.6 Å². The minimum Gasteiger partial charge on any atom is -0.493 e. The number of carbonyl (C=O) groups excluding carboxylic acids is 2. The van der Waals surface area contributed by atoms with Crippen molar-refractivity contribution in [3.63, 3.8) is 0 Å². The molecule has 1 aliphatic rings. The number of hydrogen-bond donors (Lipinski definition) is 2. The van der Waals surface area contributed by atoms with Gasteiger partial charge in [0.25, 0.3) is 0 Å². The van der Waals surface area contributed by atoms with E-state index in [9.17, 15) is 9.59 Å². The maximum Gasteiger partial charge on any atom is 0.317 e. The fourth-order valence-corrected chi connectivity index (χ4v) is 3.40. The first-order chi connectivity index (χ1) is 12.9. The lowest BCUT2D eigenvalue weighted by molar-refractivity contribution is -0.122. The third-order valence-electron chi connectivity index (χ3n) is 4.68. The van der Waals surface area contributed by atoms with E-state index in [-0.39, 0.29) is 23.9 Å². The zero-order valence-corrected chi connectivity index (χ0v) is 16.9. The van der Waals surface area contributed by atoms with E-state index in [4.69, 9.17) is 9.47 Å². The molecule has 0 spiro atoms. The summed E-state index contributed by atoms with van der Waals surface area (Å²) < 4.78 is 10.8. The predicted molar refractivity (Wildman–Crippen MR) is 104 cm³/mol. The summed E-state index contributed by atoms with van der Waals surface area (Å²) in [6.07, 6.45) is 1.19. The Hall–Kier alpha value is -2.44. The predicted octanol–water partition coefficient (Wildman–Crippen LogP) is 2.49. The van der Waals surface area contributed by atoms with Gasteiger partial charge in [-0.2, -0.15) is 0 Å². The molecule has 1 aromatic carbocycles. The van der Waals surface area contributed by atoms with E-state index in [0.717, 1.165) is 17.5 Å². The van der Waals surface area contributed by atoms with Gasteiger partial charge in [-0.15, -0.1) is 0 Å². The zero-order valence-electron chi connectivity index (χ0n) is 16.9. The molecule has 3 amide bonds. The topological polar surface area (TPSA) is 79.9 Å². The summed E-state index contributed by atoms with van der Waals surface area (Å²) in [4.78, 5) is 26.5. The van der Waals surface area contributed by atoms with Crippen LogP contribution in [0.1, 0.15) is 44.4 Å². The molecular formula is C20H31N3O4. The Morgan fingerprint density at radius 3 is 2.44 bits per heavy atom. The van der Waals surface area contributed by atoms with Gasteiger partial charge in [0.2, 0.25) is 5.91 Å². The van der Waals surface area contributed by atoms with Gasteiger partial charge in [-0.05, 0) is 42.5 Å². The smallest absolute Gasteiger partial charge is 0.317 e. The number of hydrogen-bond acceptors (Lipinski definition) is 4. The second-order valence-electron chi connectivity index (χ2n) is 7.10. The SMILES string of the molecule is CCNC(=O)N1CCc2cc(OC)c(OC)cc2[C@@H]1CNC(=O)CC(C)C. The molecule has 0 unspecified atom stereocenters. The number of benzene rings is 1. The highest BCUT2D eigenvalue weighted by atomic mass is 16.5. The van der Waals surface area contributed by atoms with Crippen LogP contribution >= 0.6 is 0 Å². The van der Waals surface area contributed by atoms with Crippen LogP contribution in [0.5, 0.6) is 11.5 Å². The van der Waals surface area contributed by atoms with Gasteiger partial charge in [0.15, 0.2) is 11.5 Å². The first kappa shape index (κ1) is 20.9. The highest BCUT2D eigenvalue weighted by molar-refractivity contribution is 5.77. The van der Waals surface area contributed by atoms with Gasteiger partial charge in [0.05, 0.1) is 20.3 Å². The number of urea groups is 1. The van der Waals surface area contributed by atoms with Gasteiger partial charge in [-0.3, -0.25) is 4.79 Å². The summed E-state index contributed by atoms with van der Waals surface area (Å²) >= 11 is 0. The average Bonchev–Trinajstić information content (AvgIpc) is 2.64. The van der Waals surface area contributed by atoms with Crippen molar-refractivity contribution in [1.82, 2.24) is 15.5 Å². The van der Waals surface area contributed by atoms with Gasteiger partial charge in [0.1, 0.15) is 0 Å². The highest BCUT2D eigenvalue weighted by Crippen LogP contribution is 2.37. The standard InChI is InChI=1S/C20H31N3O4/c1-6-21-20(25)23-8-7-14-10-17(26-4)18(27-5)11-15(14)16(23)12-22-19(24)9-13(2)3/h10-11,13,16H,6-9,12H2,1-5H3,(H,21,25)(H,22,24)/t16-/m0/s1. The molecule has 0 fully saturated rings. The van der Waals surface area contributed by atoms with Crippen LogP contribution in [0.3, 0.4) is 0 Å². The summed E-state index contributed by atoms with van der Waals surface area (Å²) in [6.45, 7) is 7.41. The number of nitrogens with one attached hydrogen (secondary N) is 2. The number of fused-ring (bicyclic) bond motifs is 1. The molecule has 0 saturated carbocycles. The Balaban J connectivity index is 2.33. The molecule has 2 rings (SSSR count). The average molecular weight is 377 g/mol. The van der Waals surface area contributed by atoms with E-state index in [2.05, 4.69) is 10.6 Å². The third kappa shape index (κ3) is 5.05. The lowest BCUT2D eigenvalue weighted by Gasteiger charge is -2.37. The van der Waals surface area contributed by atoms with Crippen LogP contribution in [0.25, 0.3) is 0 Å². The van der Waals surface area contributed by atoms with Crippen molar-refractivity contribution in [2.45, 2.75) is 39.7 Å². The van der Waals surface area contributed by atoms with E-state index in [1.165, 1.54) is 0 Å². The van der Waals surface area contributed by atoms with Gasteiger partial charge >= 0.3 is 6.03 Å². The molecule has 0 radical (unpaired) electrons. The lowest BCUT2D eigenvalue weighted by Crippen LogP contribution is -2.49. The fourth-order valence-electron chi connectivity index (χ4n) is 3.40. The van der Waals surface area contributed by atoms with Gasteiger partial charge in [-0.25, -0.2) is 4.79 Å². The first-order valence-electron chi connectivity index (χ1n) is 9.47. The fraction of sp³-hybridized carbons (Fsp3) is 0.600. The van der Waals surface area contributed by atoms with Gasteiger partial charge in [0, 0.05) is 26.1 Å². The number of amides is 3. The van der Waals surface area contributed by atoms with Gasteiger partial charge < -0.3 is 25.0 Å². The number of rotatable bonds is 7. The van der Waals surface area contributed by atoms with Crippen LogP contribution in [-0.4, -0.2) is 50.7 Å². The number of ether oxygens (including phenoxy) is 2. The minimum absolute atomic E-state index is 0.00606. The first-order valence-corrected chi connectivity index (χ1v) is 9.47. The molecule has 0 aliphatic carbocycles. The Morgan fingerprint density at radius 2 is 1.85 bits per heavy atom. The van der Waals surface area contributed by atoms with E-state index in [1.54, 1.807) is 19.1 Å². The Kier molecular flexibility index (Phi) is 7.33. The quantitative estimate of drug-likeness (QED) is 0.765. The molecule has 1 atom stereocenters. The van der Waals surface area contributed by atoms with Crippen molar-refractivity contribution in [2.24, 2.45) is 5.92 Å². The molecule has 0 aromatic heterocycles. The van der Waals surface area contributed by atoms with Crippen LogP contribution < -0.4 is 20.1 Å². The Morgan fingerprint density at radius 1 is 1.19 bits per heavy atom. The molecule has 2 N–H and O–H groups in total. The molecular weight excluding hydrogens is 346 g/mol. The molecule has 0 bridgehead atoms. The monoisotopic (exact) mass is 377 g/mol. The van der Waals surface area contributed by atoms with Crippen LogP contribution in [0.4, 0.5) is 4.79 Å². The lowest BCUT2D eigenvalue weighted by atomic mass is 9.91. The van der Waals surface area contributed by atoms with E-state index >= 15 is 0 Å². The van der Waals surface area contributed by atoms with Crippen LogP contribution in [-0.2, 0) is 11.2 Å². The third-order valence-corrected chi connectivity index (χ3v) is 4.68. The van der Waals surface area contributed by atoms with E-state index < -0.39 is 0 Å². The molecule has 1 aliphatic heterocycles. The van der Waals surface area contributed by atoms with Crippen molar-refractivity contribution < 1.29 is 19.1 Å². The number of methoxy groups -OCH3 is 2. The largest absolute Gasteiger partial charge is 0.493 e. The van der Waals surface area contributed by atoms with Crippen LogP contribution in [0.2, 0.25) is 0 Å². The van der Waals surface area contributed by atoms with Crippen molar-refractivity contribution in [1.29, 1.82) is 0 Å². The molecule has 27 heavy (non-hydrogen) atoms. The highest BCUT2D eigenvalue weighted by Gasteiger charge is 2.32. The molecule has 7 nitrogen and oxygen atoms in total. The van der Waals surface area contributed by atoms with Crippen molar-refractivity contribution in [3.05, 3.63) is 23.3 Å². The summed E-state index contributed by atoms with van der Waals surface area (Å²) in [5.74, 6) is 1.57. The Bertz CT molecular complexity index is 675. The molecule has 7 heteroatoms. The van der Waals surface area contributed by atoms with E-state index in [1.807, 2.05) is 32.9 Å². The summed E-state index contributed by atoms with van der Waals surface area (Å²) in [6, 6.07) is 3.50. The Labute approximate surface area is 161 Å². The van der Waals surface area contributed by atoms with Crippen LogP contribution in [0, 0.1) is 5.92 Å². The maximum atomic E-state index is 12.6. The molecule has 0 saturated heterocycles. The van der Waals surface area contributed by atoms with Gasteiger partial charge in [-0.1, -0.05) is 13.8 Å². The second-order valence-corrected chi connectivity index (χ2v) is 7.10. The maximum absolute atomic E-state index is 12.6. The minimum atomic E-state index is -0.254. The second kappa shape index (κ2) is 9.48. The van der Waals surface area contributed by atoms with Crippen LogP contribution in [0.15, 0.2) is 12.1 Å². The molecule has 150 valence electrons. The molecule has 1 aromatic rings. The van der Waals surface area contributed by atoms with Crippen molar-refractivity contribution in [2.75, 3.05) is 33.9 Å². The number of carbonyl (C=O) groups is 2. The zero-order chi connectivity index (χ0) is 20.0. The summed E-state index contributed by atoms with van der Waals surface area (Å²) in [5.41, 5.74) is 2.09. The molecule has 1 heterocycles. The number of nitrogens with zero attached hydrogens (tertiary/aromatic N) is 1. The van der Waals surface area contributed by atoms with Crippen molar-refractivity contribution >= 4 is 11.9 Å².